The molecule has 1 aliphatic heterocycles. The average molecular weight is 612 g/mol. The average Bonchev–Trinajstić information content (AvgIpc) is 3.87. The van der Waals surface area contributed by atoms with Crippen LogP contribution in [0.25, 0.3) is 0 Å². The Morgan fingerprint density at radius 3 is 2.27 bits per heavy atom. The van der Waals surface area contributed by atoms with Crippen molar-refractivity contribution in [3.63, 3.8) is 0 Å². The smallest absolute Gasteiger partial charge is 0.262 e. The van der Waals surface area contributed by atoms with Gasteiger partial charge in [-0.05, 0) is 106 Å². The lowest BCUT2D eigenvalue weighted by molar-refractivity contribution is -0.118. The van der Waals surface area contributed by atoms with Crippen LogP contribution in [0.15, 0.2) is 66.7 Å². The Morgan fingerprint density at radius 2 is 1.58 bits per heavy atom. The number of hydrogen-bond donors (Lipinski definition) is 4. The molecule has 1 aliphatic carbocycles. The van der Waals surface area contributed by atoms with Crippen LogP contribution in [0.3, 0.4) is 0 Å². The summed E-state index contributed by atoms with van der Waals surface area (Å²) in [4.78, 5) is 52.6. The quantitative estimate of drug-likeness (QED) is 0.198. The Morgan fingerprint density at radius 1 is 0.911 bits per heavy atom. The zero-order chi connectivity index (χ0) is 32.0. The number of rotatable bonds is 13. The maximum Gasteiger partial charge on any atom is 0.262 e. The molecular formula is C35H41N5O5. The summed E-state index contributed by atoms with van der Waals surface area (Å²) in [5.41, 5.74) is 8.79. The lowest BCUT2D eigenvalue weighted by Gasteiger charge is -2.26. The Hall–Kier alpha value is -4.70. The Labute approximate surface area is 263 Å². The van der Waals surface area contributed by atoms with E-state index in [0.29, 0.717) is 46.9 Å². The van der Waals surface area contributed by atoms with Crippen LogP contribution in [0.1, 0.15) is 89.0 Å². The summed E-state index contributed by atoms with van der Waals surface area (Å²) in [5.74, 6) is -0.266. The minimum atomic E-state index is -0.329. The molecule has 0 atom stereocenters. The highest BCUT2D eigenvalue weighted by Crippen LogP contribution is 2.33. The number of carbonyl (C=O) groups excluding carboxylic acids is 4. The summed E-state index contributed by atoms with van der Waals surface area (Å²) < 4.78 is 5.49. The number of nitrogens with one attached hydrogen (secondary N) is 3. The minimum Gasteiger partial charge on any atom is -0.482 e. The van der Waals surface area contributed by atoms with Gasteiger partial charge in [-0.1, -0.05) is 25.0 Å². The number of amides is 4. The second-order valence-corrected chi connectivity index (χ2v) is 12.4. The van der Waals surface area contributed by atoms with Crippen LogP contribution in [0, 0.1) is 0 Å². The third kappa shape index (κ3) is 8.48. The number of benzene rings is 3. The topological polar surface area (TPSA) is 143 Å². The number of hydrogen-bond acceptors (Lipinski definition) is 6. The molecule has 0 radical (unpaired) electrons. The van der Waals surface area contributed by atoms with Crippen molar-refractivity contribution in [1.29, 1.82) is 0 Å². The van der Waals surface area contributed by atoms with E-state index in [0.717, 1.165) is 44.1 Å². The first-order chi connectivity index (χ1) is 21.6. The third-order valence-corrected chi connectivity index (χ3v) is 8.04. The number of fused-ring (bicyclic) bond motifs is 1. The monoisotopic (exact) mass is 611 g/mol. The summed E-state index contributed by atoms with van der Waals surface area (Å²) in [6.45, 7) is 5.05. The lowest BCUT2D eigenvalue weighted by Crippen LogP contribution is -2.43. The van der Waals surface area contributed by atoms with Gasteiger partial charge in [0.15, 0.2) is 6.61 Å². The van der Waals surface area contributed by atoms with Gasteiger partial charge in [-0.15, -0.1) is 0 Å². The molecule has 0 aromatic heterocycles. The Kier molecular flexibility index (Phi) is 9.83. The predicted octanol–water partition coefficient (Wildman–Crippen LogP) is 5.10. The van der Waals surface area contributed by atoms with Gasteiger partial charge in [0.1, 0.15) is 5.75 Å². The van der Waals surface area contributed by atoms with Gasteiger partial charge in [-0.2, -0.15) is 0 Å². The normalized spacial score (nSPS) is 14.1. The third-order valence-electron chi connectivity index (χ3n) is 8.04. The van der Waals surface area contributed by atoms with Crippen LogP contribution >= 0.6 is 0 Å². The fourth-order valence-corrected chi connectivity index (χ4v) is 5.32. The van der Waals surface area contributed by atoms with Gasteiger partial charge in [-0.3, -0.25) is 19.2 Å². The van der Waals surface area contributed by atoms with E-state index in [1.807, 2.05) is 30.9 Å². The summed E-state index contributed by atoms with van der Waals surface area (Å²) in [5, 5.41) is 8.72. The van der Waals surface area contributed by atoms with Crippen molar-refractivity contribution >= 4 is 35.0 Å². The van der Waals surface area contributed by atoms with E-state index in [9.17, 15) is 19.2 Å². The first-order valence-electron chi connectivity index (χ1n) is 15.5. The highest BCUT2D eigenvalue weighted by molar-refractivity contribution is 6.04. The fourth-order valence-electron chi connectivity index (χ4n) is 5.32. The molecule has 5 N–H and O–H groups in total. The molecule has 3 aromatic carbocycles. The number of ether oxygens (including phenoxy) is 1. The second kappa shape index (κ2) is 13.9. The molecule has 0 bridgehead atoms. The van der Waals surface area contributed by atoms with E-state index in [-0.39, 0.29) is 41.8 Å². The summed E-state index contributed by atoms with van der Waals surface area (Å²) in [7, 11) is 0. The van der Waals surface area contributed by atoms with Crippen molar-refractivity contribution in [3.05, 3.63) is 89.0 Å². The highest BCUT2D eigenvalue weighted by atomic mass is 16.5. The van der Waals surface area contributed by atoms with Crippen LogP contribution in [-0.4, -0.2) is 53.3 Å². The molecule has 1 saturated carbocycles. The van der Waals surface area contributed by atoms with Crippen LogP contribution < -0.4 is 26.4 Å². The van der Waals surface area contributed by atoms with Gasteiger partial charge >= 0.3 is 0 Å². The molecule has 10 nitrogen and oxygen atoms in total. The summed E-state index contributed by atoms with van der Waals surface area (Å²) in [6.07, 6.45) is 5.78. The van der Waals surface area contributed by atoms with Gasteiger partial charge in [0, 0.05) is 40.5 Å². The molecule has 2 aliphatic rings. The van der Waals surface area contributed by atoms with Crippen molar-refractivity contribution < 1.29 is 23.9 Å². The van der Waals surface area contributed by atoms with Crippen molar-refractivity contribution in [1.82, 2.24) is 10.2 Å². The summed E-state index contributed by atoms with van der Waals surface area (Å²) >= 11 is 0. The van der Waals surface area contributed by atoms with Crippen LogP contribution in [0.4, 0.5) is 11.4 Å². The molecule has 1 fully saturated rings. The number of anilines is 2. The van der Waals surface area contributed by atoms with E-state index >= 15 is 0 Å². The maximum atomic E-state index is 13.4. The Bertz CT molecular complexity index is 1550. The van der Waals surface area contributed by atoms with E-state index in [1.165, 1.54) is 0 Å². The van der Waals surface area contributed by atoms with Crippen molar-refractivity contribution in [3.8, 4) is 5.75 Å². The zero-order valence-electron chi connectivity index (χ0n) is 25.9. The largest absolute Gasteiger partial charge is 0.482 e. The van der Waals surface area contributed by atoms with Gasteiger partial charge in [0.05, 0.1) is 5.69 Å². The molecule has 0 unspecified atom stereocenters. The molecule has 236 valence electrons. The lowest BCUT2D eigenvalue weighted by atomic mass is 9.96. The van der Waals surface area contributed by atoms with Crippen molar-refractivity contribution in [2.24, 2.45) is 5.73 Å². The molecule has 0 saturated heterocycles. The van der Waals surface area contributed by atoms with E-state index < -0.39 is 0 Å². The van der Waals surface area contributed by atoms with Gasteiger partial charge in [-0.25, -0.2) is 0 Å². The van der Waals surface area contributed by atoms with Crippen molar-refractivity contribution in [2.75, 3.05) is 23.8 Å². The van der Waals surface area contributed by atoms with Gasteiger partial charge in [0.25, 0.3) is 23.6 Å². The molecule has 3 aromatic rings. The first kappa shape index (κ1) is 31.7. The number of carbonyl (C=O) groups is 4. The van der Waals surface area contributed by atoms with Crippen molar-refractivity contribution in [2.45, 2.75) is 70.5 Å². The number of unbranched alkanes of at least 4 members (excludes halogenated alkanes) is 2. The molecule has 4 amide bonds. The van der Waals surface area contributed by atoms with E-state index in [2.05, 4.69) is 16.0 Å². The SMILES string of the molecule is CC(C)(CCCCCN)NC(=O)c1ccc(NC(=O)c2ccc(CN(C(=O)c3ccc4c(c3)OCC(=O)N4)C3CC3)cc2)cc1. The fraction of sp³-hybridized carbons (Fsp3) is 0.371. The minimum absolute atomic E-state index is 0.0750. The highest BCUT2D eigenvalue weighted by Gasteiger charge is 2.33. The number of nitrogens with two attached hydrogens (primary N) is 1. The number of nitrogens with zero attached hydrogens (tertiary/aromatic N) is 1. The molecule has 1 heterocycles. The second-order valence-electron chi connectivity index (χ2n) is 12.4. The van der Waals surface area contributed by atoms with Gasteiger partial charge < -0.3 is 31.3 Å². The maximum absolute atomic E-state index is 13.4. The molecule has 5 rings (SSSR count). The van der Waals surface area contributed by atoms with Crippen LogP contribution in [0.2, 0.25) is 0 Å². The van der Waals surface area contributed by atoms with Gasteiger partial charge in [0.2, 0.25) is 0 Å². The molecular weight excluding hydrogens is 570 g/mol. The zero-order valence-corrected chi connectivity index (χ0v) is 25.9. The molecule has 10 heteroatoms. The van der Waals surface area contributed by atoms with E-state index in [1.54, 1.807) is 54.6 Å². The van der Waals surface area contributed by atoms with E-state index in [4.69, 9.17) is 10.5 Å². The predicted molar refractivity (Wildman–Crippen MR) is 173 cm³/mol. The molecule has 0 spiro atoms. The summed E-state index contributed by atoms with van der Waals surface area (Å²) in [6, 6.07) is 19.3. The van der Waals surface area contributed by atoms with Crippen LogP contribution in [0.5, 0.6) is 5.75 Å². The Balaban J connectivity index is 1.15. The standard InChI is InChI=1S/C35H41N5O5/c1-35(2,18-4-3-5-19-36)39-33(43)25-10-13-27(14-11-25)37-32(42)24-8-6-23(7-9-24)21-40(28-15-16-28)34(44)26-12-17-29-30(20-26)45-22-31(41)38-29/h6-14,17,20,28H,3-5,15-16,18-19,21-22,36H2,1-2H3,(H,37,42)(H,38,41)(H,39,43). The van der Waals surface area contributed by atoms with Crippen LogP contribution in [-0.2, 0) is 11.3 Å². The molecule has 45 heavy (non-hydrogen) atoms. The first-order valence-corrected chi connectivity index (χ1v) is 15.5.